The molecule has 0 unspecified atom stereocenters. The zero-order valence-corrected chi connectivity index (χ0v) is 17.4. The van der Waals surface area contributed by atoms with Gasteiger partial charge in [0.1, 0.15) is 0 Å². The summed E-state index contributed by atoms with van der Waals surface area (Å²) in [7, 11) is 0. The number of rotatable bonds is 19. The molecule has 2 heteroatoms. The number of hydrogen-bond donors (Lipinski definition) is 1. The molecule has 0 heterocycles. The molecule has 0 aromatic carbocycles. The molecule has 24 heavy (non-hydrogen) atoms. The number of halogens is 1. The summed E-state index contributed by atoms with van der Waals surface area (Å²) in [6.07, 6.45) is 29.8. The number of allylic oxidation sites excluding steroid dienone is 2. The molecule has 0 aliphatic carbocycles. The Morgan fingerprint density at radius 2 is 0.833 bits per heavy atom. The van der Waals surface area contributed by atoms with E-state index in [-0.39, 0.29) is 12.4 Å². The zero-order valence-electron chi connectivity index (χ0n) is 16.6. The van der Waals surface area contributed by atoms with Crippen LogP contribution in [0.25, 0.3) is 0 Å². The van der Waals surface area contributed by atoms with Gasteiger partial charge in [-0.3, -0.25) is 0 Å². The van der Waals surface area contributed by atoms with Crippen molar-refractivity contribution >= 4 is 12.4 Å². The molecule has 0 aromatic heterocycles. The van der Waals surface area contributed by atoms with Crippen LogP contribution in [0.4, 0.5) is 0 Å². The third-order valence-corrected chi connectivity index (χ3v) is 4.72. The average molecular weight is 360 g/mol. The van der Waals surface area contributed by atoms with E-state index in [4.69, 9.17) is 5.73 Å². The first kappa shape index (κ1) is 26.2. The van der Waals surface area contributed by atoms with Gasteiger partial charge in [-0.25, -0.2) is 0 Å². The van der Waals surface area contributed by atoms with Crippen LogP contribution >= 0.6 is 12.4 Å². The lowest BCUT2D eigenvalue weighted by Gasteiger charge is -2.01. The molecule has 146 valence electrons. The fourth-order valence-corrected chi connectivity index (χ4v) is 3.10. The first-order valence-corrected chi connectivity index (χ1v) is 10.8. The van der Waals surface area contributed by atoms with E-state index < -0.39 is 0 Å². The van der Waals surface area contributed by atoms with Crippen molar-refractivity contribution in [3.8, 4) is 0 Å². The molecule has 0 spiro atoms. The molecule has 0 fully saturated rings. The monoisotopic (exact) mass is 359 g/mol. The lowest BCUT2D eigenvalue weighted by atomic mass is 10.1. The Kier molecular flexibility index (Phi) is 27.6. The summed E-state index contributed by atoms with van der Waals surface area (Å²) in [5.41, 5.74) is 5.50. The quantitative estimate of drug-likeness (QED) is 0.183. The number of unbranched alkanes of at least 4 members (excludes halogenated alkanes) is 16. The van der Waals surface area contributed by atoms with Crippen LogP contribution in [0.5, 0.6) is 0 Å². The normalized spacial score (nSPS) is 11.1. The van der Waals surface area contributed by atoms with Gasteiger partial charge in [0.05, 0.1) is 0 Å². The Bertz CT molecular complexity index is 228. The SMILES string of the molecule is CCCCCCCCC=CCCCCCCCCCCCCN.Cl. The Hall–Kier alpha value is -0.0100. The minimum atomic E-state index is 0. The zero-order chi connectivity index (χ0) is 16.8. The lowest BCUT2D eigenvalue weighted by molar-refractivity contribution is 0.554. The molecular weight excluding hydrogens is 314 g/mol. The smallest absolute Gasteiger partial charge is 0.00773 e. The van der Waals surface area contributed by atoms with Crippen LogP contribution in [0.2, 0.25) is 0 Å². The second-order valence-corrected chi connectivity index (χ2v) is 7.14. The highest BCUT2D eigenvalue weighted by molar-refractivity contribution is 5.85. The minimum absolute atomic E-state index is 0. The average Bonchev–Trinajstić information content (AvgIpc) is 2.57. The van der Waals surface area contributed by atoms with E-state index >= 15 is 0 Å². The highest BCUT2D eigenvalue weighted by atomic mass is 35.5. The molecule has 0 aliphatic rings. The van der Waals surface area contributed by atoms with E-state index in [9.17, 15) is 0 Å². The third-order valence-electron chi connectivity index (χ3n) is 4.72. The van der Waals surface area contributed by atoms with E-state index in [0.29, 0.717) is 0 Å². The predicted octanol–water partition coefficient (Wildman–Crippen LogP) is 7.96. The van der Waals surface area contributed by atoms with Crippen LogP contribution in [0, 0.1) is 0 Å². The van der Waals surface area contributed by atoms with Crippen LogP contribution in [-0.4, -0.2) is 6.54 Å². The maximum atomic E-state index is 5.50. The second kappa shape index (κ2) is 25.2. The van der Waals surface area contributed by atoms with Gasteiger partial charge in [0, 0.05) is 0 Å². The second-order valence-electron chi connectivity index (χ2n) is 7.14. The number of nitrogens with two attached hydrogens (primary N) is 1. The number of hydrogen-bond acceptors (Lipinski definition) is 1. The van der Waals surface area contributed by atoms with Crippen molar-refractivity contribution in [1.29, 1.82) is 0 Å². The Balaban J connectivity index is 0. The molecule has 0 bridgehead atoms. The summed E-state index contributed by atoms with van der Waals surface area (Å²) in [5.74, 6) is 0. The maximum Gasteiger partial charge on any atom is -0.00773 e. The highest BCUT2D eigenvalue weighted by Crippen LogP contribution is 2.12. The van der Waals surface area contributed by atoms with Crippen molar-refractivity contribution in [1.82, 2.24) is 0 Å². The largest absolute Gasteiger partial charge is 0.330 e. The van der Waals surface area contributed by atoms with Crippen molar-refractivity contribution in [3.05, 3.63) is 12.2 Å². The molecule has 0 aliphatic heterocycles. The Morgan fingerprint density at radius 1 is 0.500 bits per heavy atom. The molecule has 0 atom stereocenters. The Morgan fingerprint density at radius 3 is 1.21 bits per heavy atom. The van der Waals surface area contributed by atoms with Gasteiger partial charge in [0.2, 0.25) is 0 Å². The summed E-state index contributed by atoms with van der Waals surface area (Å²) in [4.78, 5) is 0. The molecule has 0 saturated carbocycles. The fourth-order valence-electron chi connectivity index (χ4n) is 3.10. The predicted molar refractivity (Wildman–Crippen MR) is 114 cm³/mol. The van der Waals surface area contributed by atoms with Crippen molar-refractivity contribution in [2.24, 2.45) is 5.73 Å². The van der Waals surface area contributed by atoms with Gasteiger partial charge >= 0.3 is 0 Å². The standard InChI is InChI=1S/C22H45N.ClH/c1-2-3-4-5-6-7-8-9-10-11-12-13-14-15-16-17-18-19-20-21-22-23;/h9-10H,2-8,11-23H2,1H3;1H. The van der Waals surface area contributed by atoms with Gasteiger partial charge < -0.3 is 5.73 Å². The van der Waals surface area contributed by atoms with Crippen LogP contribution in [0.1, 0.15) is 122 Å². The third kappa shape index (κ3) is 24.2. The summed E-state index contributed by atoms with van der Waals surface area (Å²) >= 11 is 0. The van der Waals surface area contributed by atoms with Gasteiger partial charge in [-0.05, 0) is 38.6 Å². The minimum Gasteiger partial charge on any atom is -0.330 e. The van der Waals surface area contributed by atoms with Gasteiger partial charge in [-0.15, -0.1) is 12.4 Å². The lowest BCUT2D eigenvalue weighted by Crippen LogP contribution is -1.97. The molecule has 2 N–H and O–H groups in total. The topological polar surface area (TPSA) is 26.0 Å². The van der Waals surface area contributed by atoms with Gasteiger partial charge in [-0.1, -0.05) is 103 Å². The van der Waals surface area contributed by atoms with Crippen LogP contribution in [0.15, 0.2) is 12.2 Å². The van der Waals surface area contributed by atoms with Crippen molar-refractivity contribution < 1.29 is 0 Å². The van der Waals surface area contributed by atoms with E-state index in [2.05, 4.69) is 19.1 Å². The summed E-state index contributed by atoms with van der Waals surface area (Å²) < 4.78 is 0. The first-order chi connectivity index (χ1) is 11.4. The molecule has 1 nitrogen and oxygen atoms in total. The molecule has 0 saturated heterocycles. The molecule has 0 aromatic rings. The molecule has 0 amide bonds. The van der Waals surface area contributed by atoms with Gasteiger partial charge in [-0.2, -0.15) is 0 Å². The van der Waals surface area contributed by atoms with Gasteiger partial charge in [0.15, 0.2) is 0 Å². The van der Waals surface area contributed by atoms with E-state index in [0.717, 1.165) is 6.54 Å². The van der Waals surface area contributed by atoms with Crippen LogP contribution in [0.3, 0.4) is 0 Å². The molecular formula is C22H46ClN. The summed E-state index contributed by atoms with van der Waals surface area (Å²) in [6, 6.07) is 0. The summed E-state index contributed by atoms with van der Waals surface area (Å²) in [6.45, 7) is 3.15. The molecule has 0 radical (unpaired) electrons. The van der Waals surface area contributed by atoms with E-state index in [1.165, 1.54) is 116 Å². The van der Waals surface area contributed by atoms with Crippen LogP contribution in [-0.2, 0) is 0 Å². The molecule has 0 rings (SSSR count). The van der Waals surface area contributed by atoms with Crippen molar-refractivity contribution in [2.45, 2.75) is 122 Å². The van der Waals surface area contributed by atoms with Crippen molar-refractivity contribution in [2.75, 3.05) is 6.54 Å². The van der Waals surface area contributed by atoms with Gasteiger partial charge in [0.25, 0.3) is 0 Å². The van der Waals surface area contributed by atoms with Crippen LogP contribution < -0.4 is 5.73 Å². The Labute approximate surface area is 159 Å². The first-order valence-electron chi connectivity index (χ1n) is 10.8. The fraction of sp³-hybridized carbons (Fsp3) is 0.909. The highest BCUT2D eigenvalue weighted by Gasteiger charge is 1.92. The summed E-state index contributed by atoms with van der Waals surface area (Å²) in [5, 5.41) is 0. The maximum absolute atomic E-state index is 5.50. The van der Waals surface area contributed by atoms with E-state index in [1.807, 2.05) is 0 Å². The van der Waals surface area contributed by atoms with Crippen molar-refractivity contribution in [3.63, 3.8) is 0 Å². The van der Waals surface area contributed by atoms with E-state index in [1.54, 1.807) is 0 Å².